The Morgan fingerprint density at radius 1 is 1.15 bits per heavy atom. The number of nitrogens with zero attached hydrogens (tertiary/aromatic N) is 1. The molecule has 27 heavy (non-hydrogen) atoms. The van der Waals surface area contributed by atoms with E-state index in [-0.39, 0.29) is 6.04 Å². The van der Waals surface area contributed by atoms with Crippen LogP contribution in [0.1, 0.15) is 73.2 Å². The molecule has 1 aromatic rings. The van der Waals surface area contributed by atoms with Crippen molar-refractivity contribution in [3.8, 4) is 0 Å². The average molecular weight is 375 g/mol. The fourth-order valence-corrected chi connectivity index (χ4v) is 3.99. The summed E-state index contributed by atoms with van der Waals surface area (Å²) in [6.45, 7) is 5.48. The largest absolute Gasteiger partial charge is 0.452 e. The molecule has 1 heterocycles. The van der Waals surface area contributed by atoms with Crippen molar-refractivity contribution in [3.63, 3.8) is 0 Å². The number of aryl methyl sites for hydroxylation is 1. The van der Waals surface area contributed by atoms with Crippen molar-refractivity contribution in [2.45, 2.75) is 71.4 Å². The van der Waals surface area contributed by atoms with Crippen LogP contribution in [0.4, 0.5) is 4.79 Å². The van der Waals surface area contributed by atoms with Crippen LogP contribution in [0.15, 0.2) is 6.07 Å². The van der Waals surface area contributed by atoms with E-state index in [1.54, 1.807) is 6.07 Å². The summed E-state index contributed by atoms with van der Waals surface area (Å²) in [5.41, 5.74) is 2.37. The summed E-state index contributed by atoms with van der Waals surface area (Å²) >= 11 is 0. The van der Waals surface area contributed by atoms with Crippen LogP contribution < -0.4 is 10.6 Å². The predicted molar refractivity (Wildman–Crippen MR) is 101 cm³/mol. The number of rotatable bonds is 5. The summed E-state index contributed by atoms with van der Waals surface area (Å²) < 4.78 is 7.26. The molecule has 0 aromatic carbocycles. The molecule has 0 aliphatic heterocycles. The molecule has 3 rings (SSSR count). The molecule has 0 saturated heterocycles. The number of ether oxygens (including phenoxy) is 1. The fraction of sp³-hybridized carbons (Fsp3) is 0.650. The molecule has 0 radical (unpaired) electrons. The lowest BCUT2D eigenvalue weighted by molar-refractivity contribution is -0.123. The van der Waals surface area contributed by atoms with Crippen LogP contribution in [0.2, 0.25) is 0 Å². The van der Waals surface area contributed by atoms with Crippen molar-refractivity contribution in [3.05, 3.63) is 23.0 Å². The normalized spacial score (nSPS) is 22.2. The Morgan fingerprint density at radius 2 is 1.85 bits per heavy atom. The maximum Gasteiger partial charge on any atom is 0.340 e. The smallest absolute Gasteiger partial charge is 0.340 e. The van der Waals surface area contributed by atoms with Crippen molar-refractivity contribution >= 4 is 17.9 Å². The molecule has 2 saturated carbocycles. The van der Waals surface area contributed by atoms with Crippen LogP contribution in [-0.2, 0) is 9.53 Å². The maximum absolute atomic E-state index is 12.3. The summed E-state index contributed by atoms with van der Waals surface area (Å²) in [4.78, 5) is 36.2. The quantitative estimate of drug-likeness (QED) is 0.774. The summed E-state index contributed by atoms with van der Waals surface area (Å²) in [5.74, 6) is -0.758. The summed E-state index contributed by atoms with van der Waals surface area (Å²) in [6.07, 6.45) is 6.52. The molecule has 0 spiro atoms. The first kappa shape index (κ1) is 19.5. The number of carbonyl (C=O) groups is 3. The van der Waals surface area contributed by atoms with Crippen LogP contribution in [0.25, 0.3) is 0 Å². The highest BCUT2D eigenvalue weighted by molar-refractivity contribution is 5.97. The molecule has 148 valence electrons. The Balaban J connectivity index is 1.46. The van der Waals surface area contributed by atoms with Gasteiger partial charge >= 0.3 is 12.0 Å². The van der Waals surface area contributed by atoms with Gasteiger partial charge in [0.15, 0.2) is 6.61 Å². The lowest BCUT2D eigenvalue weighted by Crippen LogP contribution is -2.48. The molecule has 2 fully saturated rings. The molecule has 0 bridgehead atoms. The van der Waals surface area contributed by atoms with E-state index in [2.05, 4.69) is 22.1 Å². The minimum absolute atomic E-state index is 0.0851. The molecule has 7 heteroatoms. The van der Waals surface area contributed by atoms with Crippen molar-refractivity contribution in [1.29, 1.82) is 0 Å². The van der Waals surface area contributed by atoms with Crippen molar-refractivity contribution in [1.82, 2.24) is 15.2 Å². The van der Waals surface area contributed by atoms with Crippen molar-refractivity contribution < 1.29 is 19.1 Å². The van der Waals surface area contributed by atoms with E-state index in [0.717, 1.165) is 43.5 Å². The van der Waals surface area contributed by atoms with Gasteiger partial charge in [0.05, 0.1) is 5.56 Å². The first-order valence-electron chi connectivity index (χ1n) is 9.82. The Kier molecular flexibility index (Phi) is 5.87. The Bertz CT molecular complexity index is 736. The zero-order valence-electron chi connectivity index (χ0n) is 16.3. The van der Waals surface area contributed by atoms with Crippen molar-refractivity contribution in [2.24, 2.45) is 5.92 Å². The molecule has 7 nitrogen and oxygen atoms in total. The van der Waals surface area contributed by atoms with E-state index in [9.17, 15) is 14.4 Å². The minimum Gasteiger partial charge on any atom is -0.452 e. The van der Waals surface area contributed by atoms with Crippen molar-refractivity contribution in [2.75, 3.05) is 6.61 Å². The van der Waals surface area contributed by atoms with Crippen LogP contribution >= 0.6 is 0 Å². The van der Waals surface area contributed by atoms with E-state index in [0.29, 0.717) is 17.5 Å². The number of esters is 1. The third-order valence-corrected chi connectivity index (χ3v) is 5.63. The number of urea groups is 1. The van der Waals surface area contributed by atoms with Gasteiger partial charge in [-0.1, -0.05) is 19.8 Å². The molecule has 1 aromatic heterocycles. The lowest BCUT2D eigenvalue weighted by atomic mass is 9.86. The monoisotopic (exact) mass is 375 g/mol. The second kappa shape index (κ2) is 8.15. The van der Waals surface area contributed by atoms with E-state index in [1.165, 1.54) is 6.42 Å². The molecule has 2 aliphatic carbocycles. The van der Waals surface area contributed by atoms with Gasteiger partial charge in [-0.05, 0) is 51.5 Å². The Morgan fingerprint density at radius 3 is 2.52 bits per heavy atom. The third kappa shape index (κ3) is 4.70. The fourth-order valence-electron chi connectivity index (χ4n) is 3.99. The maximum atomic E-state index is 12.3. The highest BCUT2D eigenvalue weighted by atomic mass is 16.5. The minimum atomic E-state index is -0.625. The number of hydrogen-bond acceptors (Lipinski definition) is 4. The average Bonchev–Trinajstić information content (AvgIpc) is 3.40. The number of carbonyl (C=O) groups excluding carboxylic acids is 3. The van der Waals surface area contributed by atoms with E-state index < -0.39 is 24.5 Å². The summed E-state index contributed by atoms with van der Waals surface area (Å²) in [6, 6.07) is 1.83. The number of imide groups is 1. The summed E-state index contributed by atoms with van der Waals surface area (Å²) in [7, 11) is 0. The highest BCUT2D eigenvalue weighted by Gasteiger charge is 2.29. The summed E-state index contributed by atoms with van der Waals surface area (Å²) in [5, 5.41) is 5.09. The zero-order chi connectivity index (χ0) is 19.6. The van der Waals surface area contributed by atoms with Gasteiger partial charge < -0.3 is 14.6 Å². The number of aromatic nitrogens is 1. The third-order valence-electron chi connectivity index (χ3n) is 5.63. The van der Waals surface area contributed by atoms with Gasteiger partial charge in [0.1, 0.15) is 0 Å². The van der Waals surface area contributed by atoms with Gasteiger partial charge in [-0.3, -0.25) is 10.1 Å². The Labute approximate surface area is 159 Å². The van der Waals surface area contributed by atoms with E-state index >= 15 is 0 Å². The van der Waals surface area contributed by atoms with Gasteiger partial charge in [0, 0.05) is 23.5 Å². The van der Waals surface area contributed by atoms with Crippen LogP contribution in [-0.4, -0.2) is 35.1 Å². The molecule has 2 N–H and O–H groups in total. The van der Waals surface area contributed by atoms with Crippen LogP contribution in [0.3, 0.4) is 0 Å². The van der Waals surface area contributed by atoms with E-state index in [1.807, 2.05) is 13.8 Å². The zero-order valence-corrected chi connectivity index (χ0v) is 16.3. The van der Waals surface area contributed by atoms with Gasteiger partial charge in [0.25, 0.3) is 5.91 Å². The standard InChI is InChI=1S/C20H29N3O4/c1-12-6-4-5-7-17(12)21-20(26)22-18(24)11-27-19(25)16-10-13(2)23(14(16)3)15-8-9-15/h10,12,15,17H,4-9,11H2,1-3H3,(H2,21,22,24,26)/t12-,17+/m1/s1. The predicted octanol–water partition coefficient (Wildman–Crippen LogP) is 3.00. The lowest BCUT2D eigenvalue weighted by Gasteiger charge is -2.29. The molecule has 0 unspecified atom stereocenters. The topological polar surface area (TPSA) is 89.4 Å². The second-order valence-electron chi connectivity index (χ2n) is 7.85. The molecular formula is C20H29N3O4. The molecule has 2 atom stereocenters. The second-order valence-corrected chi connectivity index (χ2v) is 7.85. The van der Waals surface area contributed by atoms with Gasteiger partial charge in [-0.2, -0.15) is 0 Å². The van der Waals surface area contributed by atoms with Crippen LogP contribution in [0.5, 0.6) is 0 Å². The first-order chi connectivity index (χ1) is 12.9. The van der Waals surface area contributed by atoms with Gasteiger partial charge in [0.2, 0.25) is 0 Å². The Hall–Kier alpha value is -2.31. The molecule has 2 aliphatic rings. The highest BCUT2D eigenvalue weighted by Crippen LogP contribution is 2.38. The van der Waals surface area contributed by atoms with Gasteiger partial charge in [-0.25, -0.2) is 9.59 Å². The van der Waals surface area contributed by atoms with Crippen LogP contribution in [0, 0.1) is 19.8 Å². The number of nitrogens with one attached hydrogen (secondary N) is 2. The van der Waals surface area contributed by atoms with Gasteiger partial charge in [-0.15, -0.1) is 0 Å². The number of hydrogen-bond donors (Lipinski definition) is 2. The SMILES string of the molecule is Cc1cc(C(=O)OCC(=O)NC(=O)N[C@H]2CCCC[C@H]2C)c(C)n1C1CC1. The molecule has 3 amide bonds. The number of amides is 3. The van der Waals surface area contributed by atoms with E-state index in [4.69, 9.17) is 4.74 Å². The first-order valence-corrected chi connectivity index (χ1v) is 9.82. The molecular weight excluding hydrogens is 346 g/mol.